The van der Waals surface area contributed by atoms with Crippen molar-refractivity contribution < 1.29 is 5.11 Å². The Morgan fingerprint density at radius 2 is 2.12 bits per heavy atom. The summed E-state index contributed by atoms with van der Waals surface area (Å²) in [5.74, 6) is 0. The molecule has 2 rings (SSSR count). The van der Waals surface area contributed by atoms with Gasteiger partial charge in [0.05, 0.1) is 6.10 Å². The van der Waals surface area contributed by atoms with Crippen LogP contribution in [0.15, 0.2) is 40.9 Å². The topological polar surface area (TPSA) is 20.2 Å². The monoisotopic (exact) mass is 310 g/mol. The first kappa shape index (κ1) is 12.8. The lowest BCUT2D eigenvalue weighted by Crippen LogP contribution is -1.99. The average Bonchev–Trinajstić information content (AvgIpc) is 2.77. The van der Waals surface area contributed by atoms with Crippen molar-refractivity contribution >= 4 is 27.3 Å². The third-order valence-electron chi connectivity index (χ3n) is 2.68. The molecule has 0 aliphatic rings. The lowest BCUT2D eigenvalue weighted by atomic mass is 10.1. The minimum Gasteiger partial charge on any atom is -0.387 e. The molecule has 0 aliphatic carbocycles. The molecule has 3 heteroatoms. The van der Waals surface area contributed by atoms with E-state index in [1.165, 1.54) is 4.88 Å². The largest absolute Gasteiger partial charge is 0.387 e. The molecule has 1 unspecified atom stereocenters. The van der Waals surface area contributed by atoms with E-state index in [1.54, 1.807) is 11.3 Å². The van der Waals surface area contributed by atoms with Crippen molar-refractivity contribution in [2.24, 2.45) is 0 Å². The second kappa shape index (κ2) is 5.80. The Hall–Kier alpha value is -0.640. The van der Waals surface area contributed by atoms with Crippen molar-refractivity contribution in [1.29, 1.82) is 0 Å². The minimum atomic E-state index is -0.394. The van der Waals surface area contributed by atoms with Gasteiger partial charge in [0.1, 0.15) is 0 Å². The van der Waals surface area contributed by atoms with Crippen molar-refractivity contribution in [1.82, 2.24) is 0 Å². The van der Waals surface area contributed by atoms with Crippen LogP contribution < -0.4 is 0 Å². The van der Waals surface area contributed by atoms with Crippen LogP contribution in [0.3, 0.4) is 0 Å². The molecule has 0 bridgehead atoms. The molecule has 1 atom stereocenters. The molecule has 0 saturated carbocycles. The quantitative estimate of drug-likeness (QED) is 0.890. The van der Waals surface area contributed by atoms with Crippen LogP contribution in [0.25, 0.3) is 0 Å². The first-order chi connectivity index (χ1) is 8.19. The van der Waals surface area contributed by atoms with Gasteiger partial charge in [0, 0.05) is 20.6 Å². The number of aryl methyl sites for hydroxylation is 1. The third kappa shape index (κ3) is 3.41. The summed E-state index contributed by atoms with van der Waals surface area (Å²) in [6, 6.07) is 12.2. The van der Waals surface area contributed by atoms with Gasteiger partial charge >= 0.3 is 0 Å². The van der Waals surface area contributed by atoms with E-state index in [9.17, 15) is 5.11 Å². The van der Waals surface area contributed by atoms with E-state index in [2.05, 4.69) is 35.0 Å². The normalized spacial score (nSPS) is 12.6. The number of halogens is 1. The van der Waals surface area contributed by atoms with Crippen LogP contribution in [0.2, 0.25) is 0 Å². The lowest BCUT2D eigenvalue weighted by molar-refractivity contribution is 0.182. The van der Waals surface area contributed by atoms with Crippen molar-refractivity contribution in [3.8, 4) is 0 Å². The van der Waals surface area contributed by atoms with Crippen LogP contribution in [-0.4, -0.2) is 5.11 Å². The third-order valence-corrected chi connectivity index (χ3v) is 4.50. The molecule has 17 heavy (non-hydrogen) atoms. The maximum absolute atomic E-state index is 10.2. The van der Waals surface area contributed by atoms with E-state index in [0.29, 0.717) is 6.42 Å². The van der Waals surface area contributed by atoms with Gasteiger partial charge in [-0.3, -0.25) is 0 Å². The fourth-order valence-corrected chi connectivity index (χ4v) is 3.14. The molecule has 0 radical (unpaired) electrons. The summed E-state index contributed by atoms with van der Waals surface area (Å²) < 4.78 is 1.06. The molecule has 90 valence electrons. The van der Waals surface area contributed by atoms with Crippen molar-refractivity contribution in [2.45, 2.75) is 25.9 Å². The van der Waals surface area contributed by atoms with Crippen LogP contribution in [0, 0.1) is 0 Å². The Kier molecular flexibility index (Phi) is 4.37. The SMILES string of the molecule is CCc1ccc(C(O)Cc2cccc(Br)c2)s1. The second-order valence-corrected chi connectivity index (χ2v) is 6.12. The Balaban J connectivity index is 2.08. The van der Waals surface area contributed by atoms with Gasteiger partial charge in [0.25, 0.3) is 0 Å². The number of thiophene rings is 1. The zero-order valence-corrected chi connectivity index (χ0v) is 12.1. The fourth-order valence-electron chi connectivity index (χ4n) is 1.75. The van der Waals surface area contributed by atoms with Gasteiger partial charge in [-0.25, -0.2) is 0 Å². The predicted octanol–water partition coefficient (Wildman–Crippen LogP) is 4.35. The van der Waals surface area contributed by atoms with Crippen molar-refractivity contribution in [3.05, 3.63) is 56.2 Å². The van der Waals surface area contributed by atoms with E-state index in [4.69, 9.17) is 0 Å². The molecule has 2 aromatic rings. The summed E-state index contributed by atoms with van der Waals surface area (Å²) in [6.45, 7) is 2.14. The maximum Gasteiger partial charge on any atom is 0.0922 e. The van der Waals surface area contributed by atoms with Crippen LogP contribution >= 0.6 is 27.3 Å². The summed E-state index contributed by atoms with van der Waals surface area (Å²) in [6.07, 6.45) is 1.31. The van der Waals surface area contributed by atoms with Crippen LogP contribution in [0.1, 0.15) is 28.3 Å². The zero-order valence-electron chi connectivity index (χ0n) is 9.69. The van der Waals surface area contributed by atoms with Crippen molar-refractivity contribution in [2.75, 3.05) is 0 Å². The molecule has 0 amide bonds. The molecule has 1 aromatic carbocycles. The Labute approximate surface area is 114 Å². The number of hydrogen-bond donors (Lipinski definition) is 1. The molecular formula is C14H15BrOS. The van der Waals surface area contributed by atoms with Gasteiger partial charge in [-0.05, 0) is 36.2 Å². The van der Waals surface area contributed by atoms with Crippen LogP contribution in [-0.2, 0) is 12.8 Å². The summed E-state index contributed by atoms with van der Waals surface area (Å²) in [4.78, 5) is 2.38. The highest BCUT2D eigenvalue weighted by Crippen LogP contribution is 2.27. The summed E-state index contributed by atoms with van der Waals surface area (Å²) in [5.41, 5.74) is 1.15. The summed E-state index contributed by atoms with van der Waals surface area (Å²) in [7, 11) is 0. The molecule has 1 heterocycles. The van der Waals surface area contributed by atoms with E-state index in [1.807, 2.05) is 24.3 Å². The van der Waals surface area contributed by atoms with Crippen LogP contribution in [0.5, 0.6) is 0 Å². The van der Waals surface area contributed by atoms with Gasteiger partial charge in [0.15, 0.2) is 0 Å². The van der Waals surface area contributed by atoms with E-state index in [0.717, 1.165) is 21.3 Å². The fraction of sp³-hybridized carbons (Fsp3) is 0.286. The lowest BCUT2D eigenvalue weighted by Gasteiger charge is -2.08. The highest BCUT2D eigenvalue weighted by molar-refractivity contribution is 9.10. The number of rotatable bonds is 4. The molecule has 0 aliphatic heterocycles. The highest BCUT2D eigenvalue weighted by Gasteiger charge is 2.11. The number of hydrogen-bond acceptors (Lipinski definition) is 2. The van der Waals surface area contributed by atoms with Gasteiger partial charge in [-0.2, -0.15) is 0 Å². The standard InChI is InChI=1S/C14H15BrOS/c1-2-12-6-7-14(17-12)13(16)9-10-4-3-5-11(15)8-10/h3-8,13,16H,2,9H2,1H3. The van der Waals surface area contributed by atoms with E-state index >= 15 is 0 Å². The van der Waals surface area contributed by atoms with Crippen LogP contribution in [0.4, 0.5) is 0 Å². The maximum atomic E-state index is 10.2. The molecule has 0 spiro atoms. The smallest absolute Gasteiger partial charge is 0.0922 e. The first-order valence-corrected chi connectivity index (χ1v) is 7.31. The highest BCUT2D eigenvalue weighted by atomic mass is 79.9. The molecule has 1 nitrogen and oxygen atoms in total. The zero-order chi connectivity index (χ0) is 12.3. The molecule has 1 N–H and O–H groups in total. The first-order valence-electron chi connectivity index (χ1n) is 5.70. The average molecular weight is 311 g/mol. The van der Waals surface area contributed by atoms with Gasteiger partial charge in [-0.1, -0.05) is 35.0 Å². The Morgan fingerprint density at radius 1 is 1.29 bits per heavy atom. The number of aliphatic hydroxyl groups is 1. The summed E-state index contributed by atoms with van der Waals surface area (Å²) >= 11 is 5.15. The molecule has 1 aromatic heterocycles. The molecule has 0 saturated heterocycles. The second-order valence-electron chi connectivity index (χ2n) is 4.01. The van der Waals surface area contributed by atoms with Gasteiger partial charge in [-0.15, -0.1) is 11.3 Å². The number of aliphatic hydroxyl groups excluding tert-OH is 1. The minimum absolute atomic E-state index is 0.394. The summed E-state index contributed by atoms with van der Waals surface area (Å²) in [5, 5.41) is 10.2. The van der Waals surface area contributed by atoms with Crippen molar-refractivity contribution in [3.63, 3.8) is 0 Å². The number of benzene rings is 1. The Bertz CT molecular complexity index is 492. The Morgan fingerprint density at radius 3 is 2.76 bits per heavy atom. The van der Waals surface area contributed by atoms with E-state index in [-0.39, 0.29) is 0 Å². The van der Waals surface area contributed by atoms with E-state index < -0.39 is 6.10 Å². The van der Waals surface area contributed by atoms with Gasteiger partial charge < -0.3 is 5.11 Å². The van der Waals surface area contributed by atoms with Gasteiger partial charge in [0.2, 0.25) is 0 Å². The molecular weight excluding hydrogens is 296 g/mol. The molecule has 0 fully saturated rings. The predicted molar refractivity (Wildman–Crippen MR) is 76.5 cm³/mol.